The molecule has 0 aromatic carbocycles. The van der Waals surface area contributed by atoms with Crippen molar-refractivity contribution in [3.63, 3.8) is 0 Å². The molecule has 0 aromatic heterocycles. The third-order valence-corrected chi connectivity index (χ3v) is 8.75. The maximum atomic E-state index is 14.2. The number of amides is 2. The molecule has 4 rings (SSSR count). The first-order valence-corrected chi connectivity index (χ1v) is 12.5. The van der Waals surface area contributed by atoms with Crippen LogP contribution in [0.25, 0.3) is 0 Å². The van der Waals surface area contributed by atoms with Gasteiger partial charge in [-0.3, -0.25) is 14.4 Å². The fourth-order valence-electron chi connectivity index (χ4n) is 7.14. The number of likely N-dealkylation sites (tertiary alicyclic amines) is 1. The number of ether oxygens (including phenoxy) is 1. The highest BCUT2D eigenvalue weighted by Crippen LogP contribution is 2.65. The molecule has 3 saturated heterocycles. The van der Waals surface area contributed by atoms with E-state index in [2.05, 4.69) is 6.58 Å². The van der Waals surface area contributed by atoms with Gasteiger partial charge in [-0.05, 0) is 44.9 Å². The molecule has 3 aliphatic heterocycles. The van der Waals surface area contributed by atoms with Gasteiger partial charge in [-0.25, -0.2) is 0 Å². The van der Waals surface area contributed by atoms with E-state index in [1.165, 1.54) is 0 Å². The van der Waals surface area contributed by atoms with Gasteiger partial charge < -0.3 is 24.7 Å². The first-order chi connectivity index (χ1) is 15.7. The number of carbonyl (C=O) groups excluding carboxylic acids is 2. The zero-order chi connectivity index (χ0) is 24.0. The molecule has 8 heteroatoms. The summed E-state index contributed by atoms with van der Waals surface area (Å²) in [5, 5.41) is 19.4. The van der Waals surface area contributed by atoms with E-state index >= 15 is 0 Å². The third kappa shape index (κ3) is 3.60. The zero-order valence-corrected chi connectivity index (χ0v) is 19.9. The molecule has 2 amide bonds. The monoisotopic (exact) mass is 462 g/mol. The largest absolute Gasteiger partial charge is 0.481 e. The molecule has 0 aromatic rings. The summed E-state index contributed by atoms with van der Waals surface area (Å²) in [6.07, 6.45) is 8.41. The Morgan fingerprint density at radius 3 is 2.58 bits per heavy atom. The van der Waals surface area contributed by atoms with Crippen molar-refractivity contribution < 1.29 is 29.3 Å². The van der Waals surface area contributed by atoms with Gasteiger partial charge in [0.15, 0.2) is 0 Å². The Bertz CT molecular complexity index is 811. The summed E-state index contributed by atoms with van der Waals surface area (Å²) in [5.41, 5.74) is -2.10. The number of aliphatic carboxylic acids is 1. The molecule has 1 spiro atoms. The van der Waals surface area contributed by atoms with Gasteiger partial charge in [0.25, 0.3) is 0 Å². The van der Waals surface area contributed by atoms with E-state index in [9.17, 15) is 24.6 Å². The van der Waals surface area contributed by atoms with Gasteiger partial charge in [0.05, 0.1) is 11.5 Å². The number of unbranched alkanes of at least 4 members (excludes halogenated alkanes) is 1. The lowest BCUT2D eigenvalue weighted by Crippen LogP contribution is -2.58. The van der Waals surface area contributed by atoms with E-state index in [0.717, 1.165) is 32.1 Å². The zero-order valence-electron chi connectivity index (χ0n) is 19.9. The molecule has 0 radical (unpaired) electrons. The molecule has 4 aliphatic rings. The van der Waals surface area contributed by atoms with Crippen molar-refractivity contribution in [1.82, 2.24) is 9.80 Å². The Morgan fingerprint density at radius 1 is 1.27 bits per heavy atom. The van der Waals surface area contributed by atoms with E-state index in [4.69, 9.17) is 4.74 Å². The Kier molecular flexibility index (Phi) is 6.62. The van der Waals surface area contributed by atoms with Crippen LogP contribution < -0.4 is 0 Å². The fraction of sp³-hybridized carbons (Fsp3) is 0.800. The number of carboxylic acids is 1. The van der Waals surface area contributed by atoms with E-state index in [1.54, 1.807) is 17.9 Å². The van der Waals surface area contributed by atoms with E-state index in [1.807, 2.05) is 11.8 Å². The number of hydrogen-bond acceptors (Lipinski definition) is 5. The number of nitrogens with zero attached hydrogens (tertiary/aromatic N) is 2. The van der Waals surface area contributed by atoms with Gasteiger partial charge in [0.2, 0.25) is 11.8 Å². The van der Waals surface area contributed by atoms with Crippen LogP contribution in [-0.2, 0) is 19.1 Å². The highest BCUT2D eigenvalue weighted by Gasteiger charge is 2.80. The van der Waals surface area contributed by atoms with Crippen molar-refractivity contribution in [3.05, 3.63) is 12.7 Å². The summed E-state index contributed by atoms with van der Waals surface area (Å²) in [4.78, 5) is 43.8. The average Bonchev–Trinajstić information content (AvgIpc) is 3.29. The van der Waals surface area contributed by atoms with Gasteiger partial charge in [-0.1, -0.05) is 32.3 Å². The summed E-state index contributed by atoms with van der Waals surface area (Å²) in [5.74, 6) is -3.41. The van der Waals surface area contributed by atoms with Gasteiger partial charge >= 0.3 is 5.97 Å². The summed E-state index contributed by atoms with van der Waals surface area (Å²) in [6.45, 7) is 8.32. The van der Waals surface area contributed by atoms with Gasteiger partial charge in [0.1, 0.15) is 17.6 Å². The van der Waals surface area contributed by atoms with Crippen LogP contribution in [0.2, 0.25) is 0 Å². The number of fused-ring (bicyclic) bond motifs is 1. The minimum Gasteiger partial charge on any atom is -0.481 e. The Balaban J connectivity index is 1.75. The van der Waals surface area contributed by atoms with Gasteiger partial charge in [-0.15, -0.1) is 6.58 Å². The van der Waals surface area contributed by atoms with Crippen molar-refractivity contribution in [2.24, 2.45) is 17.8 Å². The molecule has 4 fully saturated rings. The highest BCUT2D eigenvalue weighted by atomic mass is 16.5. The predicted octanol–water partition coefficient (Wildman–Crippen LogP) is 2.20. The maximum Gasteiger partial charge on any atom is 0.310 e. The number of aliphatic hydroxyl groups is 1. The second-order valence-electron chi connectivity index (χ2n) is 10.6. The number of carboxylic acid groups (broad SMARTS) is 1. The lowest BCUT2D eigenvalue weighted by molar-refractivity contribution is -0.158. The molecule has 8 nitrogen and oxygen atoms in total. The Morgan fingerprint density at radius 2 is 1.97 bits per heavy atom. The molecule has 6 atom stereocenters. The van der Waals surface area contributed by atoms with E-state index in [0.29, 0.717) is 32.4 Å². The van der Waals surface area contributed by atoms with Crippen LogP contribution in [0.5, 0.6) is 0 Å². The maximum absolute atomic E-state index is 14.2. The van der Waals surface area contributed by atoms with Crippen LogP contribution in [0.3, 0.4) is 0 Å². The molecule has 1 aliphatic carbocycles. The molecule has 3 unspecified atom stereocenters. The lowest BCUT2D eigenvalue weighted by atomic mass is 9.62. The molecule has 33 heavy (non-hydrogen) atoms. The molecule has 2 N–H and O–H groups in total. The van der Waals surface area contributed by atoms with Crippen LogP contribution in [0.1, 0.15) is 65.2 Å². The number of rotatable bonds is 9. The smallest absolute Gasteiger partial charge is 0.310 e. The minimum absolute atomic E-state index is 0.00321. The standard InChI is InChI=1S/C25H38N2O6/c1-4-12-26(17-10-6-5-7-11-17)22(30)20-25-15-16(2)24(3,33-25)19(23(31)32)18(25)21(29)27(20)13-8-9-14-28/h4,16-20,28H,1,5-15H2,2-3H3,(H,31,32)/t16?,18-,19-,20?,24+,25?/m0/s1. The minimum atomic E-state index is -1.13. The summed E-state index contributed by atoms with van der Waals surface area (Å²) >= 11 is 0. The summed E-state index contributed by atoms with van der Waals surface area (Å²) < 4.78 is 6.55. The van der Waals surface area contributed by atoms with Crippen molar-refractivity contribution in [3.8, 4) is 0 Å². The molecular weight excluding hydrogens is 424 g/mol. The van der Waals surface area contributed by atoms with Crippen molar-refractivity contribution in [1.29, 1.82) is 0 Å². The molecule has 2 bridgehead atoms. The normalized spacial score (nSPS) is 37.9. The van der Waals surface area contributed by atoms with Crippen molar-refractivity contribution >= 4 is 17.8 Å². The predicted molar refractivity (Wildman–Crippen MR) is 121 cm³/mol. The number of hydrogen-bond donors (Lipinski definition) is 2. The SMILES string of the molecule is C=CCN(C(=O)C1N(CCCCO)C(=O)[C@@H]2[C@@H](C(=O)O)[C@]3(C)OC12CC3C)C1CCCCC1. The van der Waals surface area contributed by atoms with Gasteiger partial charge in [0, 0.05) is 25.7 Å². The molecule has 3 heterocycles. The summed E-state index contributed by atoms with van der Waals surface area (Å²) in [7, 11) is 0. The average molecular weight is 463 g/mol. The van der Waals surface area contributed by atoms with Crippen LogP contribution in [-0.4, -0.2) is 80.8 Å². The quantitative estimate of drug-likeness (QED) is 0.402. The number of aliphatic hydroxyl groups excluding tert-OH is 1. The van der Waals surface area contributed by atoms with Crippen LogP contribution in [0, 0.1) is 17.8 Å². The molecule has 184 valence electrons. The van der Waals surface area contributed by atoms with E-state index in [-0.39, 0.29) is 30.4 Å². The Hall–Kier alpha value is -1.93. The molecule has 1 saturated carbocycles. The second kappa shape index (κ2) is 9.02. The summed E-state index contributed by atoms with van der Waals surface area (Å²) in [6, 6.07) is -0.750. The Labute approximate surface area is 195 Å². The van der Waals surface area contributed by atoms with Crippen LogP contribution in [0.15, 0.2) is 12.7 Å². The number of carbonyl (C=O) groups is 3. The van der Waals surface area contributed by atoms with Crippen molar-refractivity contribution in [2.45, 2.75) is 88.5 Å². The van der Waals surface area contributed by atoms with Crippen molar-refractivity contribution in [2.75, 3.05) is 19.7 Å². The second-order valence-corrected chi connectivity index (χ2v) is 10.6. The molecular formula is C25H38N2O6. The first-order valence-electron chi connectivity index (χ1n) is 12.5. The topological polar surface area (TPSA) is 107 Å². The highest BCUT2D eigenvalue weighted by molar-refractivity contribution is 5.98. The van der Waals surface area contributed by atoms with Crippen LogP contribution >= 0.6 is 0 Å². The van der Waals surface area contributed by atoms with E-state index < -0.39 is 35.0 Å². The third-order valence-electron chi connectivity index (χ3n) is 8.75. The van der Waals surface area contributed by atoms with Gasteiger partial charge in [-0.2, -0.15) is 0 Å². The lowest BCUT2D eigenvalue weighted by Gasteiger charge is -2.41. The first kappa shape index (κ1) is 24.2. The van der Waals surface area contributed by atoms with Crippen LogP contribution in [0.4, 0.5) is 0 Å². The fourth-order valence-corrected chi connectivity index (χ4v) is 7.14.